The molecule has 2 heterocycles. The van der Waals surface area contributed by atoms with Crippen molar-refractivity contribution >= 4 is 15.9 Å². The van der Waals surface area contributed by atoms with E-state index in [0.717, 1.165) is 32.5 Å². The third kappa shape index (κ3) is 5.13. The van der Waals surface area contributed by atoms with Crippen LogP contribution in [-0.2, 0) is 14.8 Å². The monoisotopic (exact) mass is 407 g/mol. The van der Waals surface area contributed by atoms with Gasteiger partial charge in [0.2, 0.25) is 15.9 Å². The number of carbonyl (C=O) groups excluding carboxylic acids is 1. The summed E-state index contributed by atoms with van der Waals surface area (Å²) in [5, 5.41) is 3.08. The highest BCUT2D eigenvalue weighted by molar-refractivity contribution is 7.89. The molecular formula is C21H33N3O3S. The summed E-state index contributed by atoms with van der Waals surface area (Å²) in [6.45, 7) is 7.63. The highest BCUT2D eigenvalue weighted by Crippen LogP contribution is 2.25. The lowest BCUT2D eigenvalue weighted by molar-refractivity contribution is -0.126. The zero-order valence-corrected chi connectivity index (χ0v) is 17.8. The number of sulfonamides is 1. The summed E-state index contributed by atoms with van der Waals surface area (Å²) >= 11 is 0. The van der Waals surface area contributed by atoms with Gasteiger partial charge in [-0.05, 0) is 57.2 Å². The van der Waals surface area contributed by atoms with Crippen molar-refractivity contribution < 1.29 is 13.2 Å². The van der Waals surface area contributed by atoms with E-state index in [2.05, 4.69) is 17.1 Å². The molecule has 0 radical (unpaired) electrons. The van der Waals surface area contributed by atoms with Crippen molar-refractivity contribution in [2.75, 3.05) is 26.2 Å². The average Bonchev–Trinajstić information content (AvgIpc) is 2.68. The van der Waals surface area contributed by atoms with Crippen LogP contribution in [0, 0.1) is 5.92 Å². The van der Waals surface area contributed by atoms with Gasteiger partial charge in [0.1, 0.15) is 6.04 Å². The Hall–Kier alpha value is -1.44. The van der Waals surface area contributed by atoms with Crippen molar-refractivity contribution in [3.05, 3.63) is 30.3 Å². The zero-order valence-electron chi connectivity index (χ0n) is 17.0. The number of benzene rings is 1. The molecule has 3 unspecified atom stereocenters. The van der Waals surface area contributed by atoms with Crippen molar-refractivity contribution in [2.24, 2.45) is 5.92 Å². The fourth-order valence-electron chi connectivity index (χ4n) is 4.41. The van der Waals surface area contributed by atoms with E-state index in [9.17, 15) is 13.2 Å². The largest absolute Gasteiger partial charge is 0.351 e. The number of hydrogen-bond acceptors (Lipinski definition) is 4. The van der Waals surface area contributed by atoms with E-state index in [4.69, 9.17) is 0 Å². The molecule has 0 spiro atoms. The second kappa shape index (κ2) is 9.37. The van der Waals surface area contributed by atoms with Gasteiger partial charge >= 0.3 is 0 Å². The molecular weight excluding hydrogens is 374 g/mol. The maximum atomic E-state index is 13.1. The molecule has 3 rings (SSSR count). The van der Waals surface area contributed by atoms with Crippen LogP contribution >= 0.6 is 0 Å². The molecule has 1 aromatic carbocycles. The van der Waals surface area contributed by atoms with Gasteiger partial charge in [0.25, 0.3) is 0 Å². The van der Waals surface area contributed by atoms with Crippen LogP contribution in [0.3, 0.4) is 0 Å². The molecule has 2 aliphatic heterocycles. The summed E-state index contributed by atoms with van der Waals surface area (Å²) in [7, 11) is -3.66. The van der Waals surface area contributed by atoms with E-state index >= 15 is 0 Å². The van der Waals surface area contributed by atoms with Gasteiger partial charge in [0, 0.05) is 25.7 Å². The van der Waals surface area contributed by atoms with Gasteiger partial charge in [-0.2, -0.15) is 4.31 Å². The Balaban J connectivity index is 1.65. The van der Waals surface area contributed by atoms with Gasteiger partial charge in [0.15, 0.2) is 0 Å². The summed E-state index contributed by atoms with van der Waals surface area (Å²) in [5.41, 5.74) is 0. The summed E-state index contributed by atoms with van der Waals surface area (Å²) in [6.07, 6.45) is 4.71. The van der Waals surface area contributed by atoms with Crippen molar-refractivity contribution in [1.82, 2.24) is 14.5 Å². The number of piperidine rings is 2. The fourth-order valence-corrected chi connectivity index (χ4v) is 6.08. The lowest BCUT2D eigenvalue weighted by atomic mass is 10.00. The second-order valence-electron chi connectivity index (χ2n) is 8.36. The first-order valence-corrected chi connectivity index (χ1v) is 11.9. The molecule has 3 atom stereocenters. The summed E-state index contributed by atoms with van der Waals surface area (Å²) in [6, 6.07) is 7.80. The normalized spacial score (nSPS) is 25.9. The predicted molar refractivity (Wildman–Crippen MR) is 110 cm³/mol. The minimum absolute atomic E-state index is 0.000931. The molecule has 0 bridgehead atoms. The Kier molecular flexibility index (Phi) is 7.12. The van der Waals surface area contributed by atoms with E-state index in [1.807, 2.05) is 6.92 Å². The minimum atomic E-state index is -3.66. The maximum Gasteiger partial charge on any atom is 0.243 e. The second-order valence-corrected chi connectivity index (χ2v) is 10.2. The van der Waals surface area contributed by atoms with Crippen molar-refractivity contribution in [1.29, 1.82) is 0 Å². The minimum Gasteiger partial charge on any atom is -0.351 e. The lowest BCUT2D eigenvalue weighted by Crippen LogP contribution is -2.54. The van der Waals surface area contributed by atoms with Crippen LogP contribution in [0.5, 0.6) is 0 Å². The number of nitrogens with zero attached hydrogens (tertiary/aromatic N) is 2. The highest BCUT2D eigenvalue weighted by atomic mass is 32.2. The van der Waals surface area contributed by atoms with E-state index in [1.54, 1.807) is 30.3 Å². The number of nitrogens with one attached hydrogen (secondary N) is 1. The molecule has 7 heteroatoms. The Morgan fingerprint density at radius 3 is 2.61 bits per heavy atom. The topological polar surface area (TPSA) is 69.7 Å². The predicted octanol–water partition coefficient (Wildman–Crippen LogP) is 2.47. The number of rotatable bonds is 6. The first-order valence-electron chi connectivity index (χ1n) is 10.5. The quantitative estimate of drug-likeness (QED) is 0.786. The van der Waals surface area contributed by atoms with E-state index in [1.165, 1.54) is 17.1 Å². The van der Waals surface area contributed by atoms with Gasteiger partial charge in [-0.3, -0.25) is 4.79 Å². The summed E-state index contributed by atoms with van der Waals surface area (Å²) < 4.78 is 27.6. The number of hydrogen-bond donors (Lipinski definition) is 1. The third-order valence-corrected chi connectivity index (χ3v) is 7.69. The van der Waals surface area contributed by atoms with Crippen LogP contribution in [0.4, 0.5) is 0 Å². The molecule has 2 fully saturated rings. The number of amides is 1. The Labute approximate surface area is 169 Å². The van der Waals surface area contributed by atoms with Crippen molar-refractivity contribution in [3.8, 4) is 0 Å². The standard InChI is InChI=1S/C21H33N3O3S/c1-17-9-8-13-23(15-17)16-18(2)22-21(25)20-12-6-7-14-24(20)28(26,27)19-10-4-3-5-11-19/h3-5,10-11,17-18,20H,6-9,12-16H2,1-2H3,(H,22,25). The fraction of sp³-hybridized carbons (Fsp3) is 0.667. The lowest BCUT2D eigenvalue weighted by Gasteiger charge is -2.36. The molecule has 6 nitrogen and oxygen atoms in total. The van der Waals surface area contributed by atoms with Crippen LogP contribution in [0.1, 0.15) is 46.0 Å². The van der Waals surface area contributed by atoms with Crippen molar-refractivity contribution in [3.63, 3.8) is 0 Å². The first kappa shape index (κ1) is 21.3. The average molecular weight is 408 g/mol. The summed E-state index contributed by atoms with van der Waals surface area (Å²) in [5.74, 6) is 0.526. The Morgan fingerprint density at radius 1 is 1.14 bits per heavy atom. The van der Waals surface area contributed by atoms with Gasteiger partial charge in [0.05, 0.1) is 4.90 Å². The van der Waals surface area contributed by atoms with Gasteiger partial charge in [-0.15, -0.1) is 0 Å². The van der Waals surface area contributed by atoms with Crippen LogP contribution in [-0.4, -0.2) is 61.8 Å². The molecule has 28 heavy (non-hydrogen) atoms. The van der Waals surface area contributed by atoms with E-state index in [0.29, 0.717) is 18.9 Å². The smallest absolute Gasteiger partial charge is 0.243 e. The SMILES string of the molecule is CC1CCCN(CC(C)NC(=O)C2CCCCN2S(=O)(=O)c2ccccc2)C1. The maximum absolute atomic E-state index is 13.1. The van der Waals surface area contributed by atoms with Crippen LogP contribution in [0.2, 0.25) is 0 Å². The molecule has 2 aliphatic rings. The van der Waals surface area contributed by atoms with Crippen LogP contribution in [0.25, 0.3) is 0 Å². The van der Waals surface area contributed by atoms with Gasteiger partial charge < -0.3 is 10.2 Å². The molecule has 1 amide bonds. The highest BCUT2D eigenvalue weighted by Gasteiger charge is 2.38. The molecule has 1 N–H and O–H groups in total. The molecule has 0 aromatic heterocycles. The first-order chi connectivity index (χ1) is 13.4. The number of likely N-dealkylation sites (tertiary alicyclic amines) is 1. The molecule has 1 aromatic rings. The van der Waals surface area contributed by atoms with E-state index < -0.39 is 16.1 Å². The Morgan fingerprint density at radius 2 is 1.89 bits per heavy atom. The van der Waals surface area contributed by atoms with Gasteiger partial charge in [-0.25, -0.2) is 8.42 Å². The van der Waals surface area contributed by atoms with E-state index in [-0.39, 0.29) is 16.8 Å². The van der Waals surface area contributed by atoms with Gasteiger partial charge in [-0.1, -0.05) is 31.5 Å². The zero-order chi connectivity index (χ0) is 20.1. The van der Waals surface area contributed by atoms with Crippen molar-refractivity contribution in [2.45, 2.75) is 62.9 Å². The molecule has 0 saturated carbocycles. The van der Waals surface area contributed by atoms with Crippen LogP contribution < -0.4 is 5.32 Å². The molecule has 156 valence electrons. The molecule has 2 saturated heterocycles. The third-order valence-electron chi connectivity index (χ3n) is 5.77. The van der Waals surface area contributed by atoms with Crippen LogP contribution in [0.15, 0.2) is 35.2 Å². The Bertz CT molecular complexity index is 753. The number of carbonyl (C=O) groups is 1. The molecule has 0 aliphatic carbocycles. The summed E-state index contributed by atoms with van der Waals surface area (Å²) in [4.78, 5) is 15.6.